The molecule has 1 amide bonds. The van der Waals surface area contributed by atoms with Crippen LogP contribution in [0.4, 0.5) is 10.6 Å². The second-order valence-corrected chi connectivity index (χ2v) is 9.88. The maximum Gasteiger partial charge on any atom is 0.410 e. The zero-order chi connectivity index (χ0) is 20.4. The highest BCUT2D eigenvalue weighted by molar-refractivity contribution is 5.69. The number of hydrogen-bond donors (Lipinski definition) is 0. The molecule has 3 atom stereocenters. The maximum atomic E-state index is 12.7. The third kappa shape index (κ3) is 3.10. The molecule has 7 heteroatoms. The SMILES string of the molecule is CN(C(=O)OC(C)(C)C)[C@@H]1COC2(CCC2)c2cc(N3C4COCC3C4)ncc21. The number of pyridine rings is 1. The van der Waals surface area contributed by atoms with Gasteiger partial charge in [-0.15, -0.1) is 0 Å². The first-order valence-electron chi connectivity index (χ1n) is 10.7. The fraction of sp³-hybridized carbons (Fsp3) is 0.727. The standard InChI is InChI=1S/C22H31N3O4/c1-21(2,3)29-20(26)24(4)18-13-28-22(6-5-7-22)17-9-19(23-10-16(17)18)25-14-8-15(25)12-27-11-14/h9-10,14-15,18H,5-8,11-13H2,1-4H3/t14?,15?,18-/m1/s1. The van der Waals surface area contributed by atoms with Gasteiger partial charge in [-0.25, -0.2) is 9.78 Å². The molecule has 1 spiro atoms. The lowest BCUT2D eigenvalue weighted by molar-refractivity contribution is -0.134. The molecule has 0 radical (unpaired) electrons. The van der Waals surface area contributed by atoms with Crippen LogP contribution in [-0.4, -0.2) is 60.5 Å². The van der Waals surface area contributed by atoms with E-state index in [-0.39, 0.29) is 17.7 Å². The fourth-order valence-corrected chi connectivity index (χ4v) is 5.07. The number of hydrogen-bond acceptors (Lipinski definition) is 6. The van der Waals surface area contributed by atoms with Crippen LogP contribution in [0, 0.1) is 0 Å². The van der Waals surface area contributed by atoms with Gasteiger partial charge in [0.15, 0.2) is 0 Å². The van der Waals surface area contributed by atoms with Crippen LogP contribution < -0.4 is 4.90 Å². The number of anilines is 1. The van der Waals surface area contributed by atoms with Gasteiger partial charge in [0.2, 0.25) is 0 Å². The van der Waals surface area contributed by atoms with Crippen molar-refractivity contribution in [2.24, 2.45) is 0 Å². The molecule has 0 N–H and O–H groups in total. The topological polar surface area (TPSA) is 64.1 Å². The van der Waals surface area contributed by atoms with Crippen molar-refractivity contribution < 1.29 is 19.0 Å². The van der Waals surface area contributed by atoms with Gasteiger partial charge in [0.05, 0.1) is 43.5 Å². The molecule has 1 aliphatic carbocycles. The van der Waals surface area contributed by atoms with Crippen molar-refractivity contribution in [3.63, 3.8) is 0 Å². The van der Waals surface area contributed by atoms with E-state index in [4.69, 9.17) is 19.2 Å². The summed E-state index contributed by atoms with van der Waals surface area (Å²) < 4.78 is 17.6. The summed E-state index contributed by atoms with van der Waals surface area (Å²) in [6.07, 6.45) is 6.05. The minimum atomic E-state index is -0.529. The maximum absolute atomic E-state index is 12.7. The molecule has 3 fully saturated rings. The molecule has 2 saturated heterocycles. The molecule has 7 nitrogen and oxygen atoms in total. The first-order chi connectivity index (χ1) is 13.8. The van der Waals surface area contributed by atoms with Gasteiger partial charge in [0.1, 0.15) is 11.4 Å². The highest BCUT2D eigenvalue weighted by Crippen LogP contribution is 2.52. The summed E-state index contributed by atoms with van der Waals surface area (Å²) in [6.45, 7) is 7.69. The third-order valence-corrected chi connectivity index (χ3v) is 6.81. The summed E-state index contributed by atoms with van der Waals surface area (Å²) in [6, 6.07) is 2.89. The van der Waals surface area contributed by atoms with Crippen molar-refractivity contribution in [3.8, 4) is 0 Å². The normalized spacial score (nSPS) is 29.5. The van der Waals surface area contributed by atoms with Crippen molar-refractivity contribution in [2.75, 3.05) is 31.8 Å². The number of amides is 1. The van der Waals surface area contributed by atoms with E-state index in [1.54, 1.807) is 11.9 Å². The van der Waals surface area contributed by atoms with Crippen molar-refractivity contribution in [3.05, 3.63) is 23.4 Å². The molecular formula is C22H31N3O4. The molecule has 29 heavy (non-hydrogen) atoms. The lowest BCUT2D eigenvalue weighted by atomic mass is 9.71. The number of rotatable bonds is 2. The summed E-state index contributed by atoms with van der Waals surface area (Å²) in [5, 5.41) is 0. The van der Waals surface area contributed by atoms with Crippen LogP contribution in [-0.2, 0) is 19.8 Å². The van der Waals surface area contributed by atoms with Gasteiger partial charge in [-0.05, 0) is 58.1 Å². The van der Waals surface area contributed by atoms with Gasteiger partial charge < -0.3 is 24.0 Å². The van der Waals surface area contributed by atoms with Crippen LogP contribution in [0.25, 0.3) is 0 Å². The van der Waals surface area contributed by atoms with Crippen LogP contribution in [0.1, 0.15) is 63.6 Å². The Morgan fingerprint density at radius 3 is 2.59 bits per heavy atom. The molecule has 3 aliphatic heterocycles. The highest BCUT2D eigenvalue weighted by Gasteiger charge is 2.49. The molecular weight excluding hydrogens is 370 g/mol. The predicted octanol–water partition coefficient (Wildman–Crippen LogP) is 3.38. The van der Waals surface area contributed by atoms with Crippen LogP contribution in [0.15, 0.2) is 12.3 Å². The van der Waals surface area contributed by atoms with Crippen LogP contribution >= 0.6 is 0 Å². The summed E-state index contributed by atoms with van der Waals surface area (Å²) in [5.41, 5.74) is 1.55. The first-order valence-corrected chi connectivity index (χ1v) is 10.7. The zero-order valence-corrected chi connectivity index (χ0v) is 17.8. The van der Waals surface area contributed by atoms with Gasteiger partial charge in [-0.2, -0.15) is 0 Å². The molecule has 5 rings (SSSR count). The van der Waals surface area contributed by atoms with E-state index in [1.807, 2.05) is 27.0 Å². The average Bonchev–Trinajstić information content (AvgIpc) is 2.64. The van der Waals surface area contributed by atoms with Crippen molar-refractivity contribution in [1.82, 2.24) is 9.88 Å². The summed E-state index contributed by atoms with van der Waals surface area (Å²) >= 11 is 0. The van der Waals surface area contributed by atoms with Crippen molar-refractivity contribution in [2.45, 2.75) is 75.8 Å². The van der Waals surface area contributed by atoms with E-state index < -0.39 is 5.60 Å². The van der Waals surface area contributed by atoms with Gasteiger partial charge in [-0.1, -0.05) is 0 Å². The number of aromatic nitrogens is 1. The number of nitrogens with zero attached hydrogens (tertiary/aromatic N) is 3. The van der Waals surface area contributed by atoms with Gasteiger partial charge >= 0.3 is 6.09 Å². The number of likely N-dealkylation sites (N-methyl/N-ethyl adjacent to an activating group) is 1. The second kappa shape index (κ2) is 6.57. The van der Waals surface area contributed by atoms with E-state index in [0.717, 1.165) is 37.4 Å². The van der Waals surface area contributed by atoms with E-state index in [2.05, 4.69) is 11.0 Å². The Hall–Kier alpha value is -1.86. The lowest BCUT2D eigenvalue weighted by Gasteiger charge is -2.54. The zero-order valence-electron chi connectivity index (χ0n) is 17.8. The predicted molar refractivity (Wildman–Crippen MR) is 108 cm³/mol. The van der Waals surface area contributed by atoms with E-state index in [9.17, 15) is 4.79 Å². The first kappa shape index (κ1) is 19.1. The summed E-state index contributed by atoms with van der Waals surface area (Å²) in [7, 11) is 1.79. The number of morpholine rings is 1. The molecule has 1 aromatic rings. The molecule has 4 heterocycles. The number of fused-ring (bicyclic) bond motifs is 4. The Balaban J connectivity index is 1.46. The Labute approximate surface area is 172 Å². The van der Waals surface area contributed by atoms with E-state index in [1.165, 1.54) is 18.4 Å². The third-order valence-electron chi connectivity index (χ3n) is 6.81. The smallest absolute Gasteiger partial charge is 0.410 e. The second-order valence-electron chi connectivity index (χ2n) is 9.88. The van der Waals surface area contributed by atoms with Crippen LogP contribution in [0.5, 0.6) is 0 Å². The Bertz CT molecular complexity index is 803. The van der Waals surface area contributed by atoms with Gasteiger partial charge in [0, 0.05) is 18.8 Å². The largest absolute Gasteiger partial charge is 0.444 e. The van der Waals surface area contributed by atoms with Crippen LogP contribution in [0.3, 0.4) is 0 Å². The van der Waals surface area contributed by atoms with Gasteiger partial charge in [0.25, 0.3) is 0 Å². The lowest BCUT2D eigenvalue weighted by Crippen LogP contribution is -2.64. The number of ether oxygens (including phenoxy) is 3. The molecule has 2 unspecified atom stereocenters. The Morgan fingerprint density at radius 1 is 1.28 bits per heavy atom. The van der Waals surface area contributed by atoms with Crippen molar-refractivity contribution in [1.29, 1.82) is 0 Å². The van der Waals surface area contributed by atoms with Crippen LogP contribution in [0.2, 0.25) is 0 Å². The Morgan fingerprint density at radius 2 is 2.00 bits per heavy atom. The molecule has 0 aromatic carbocycles. The van der Waals surface area contributed by atoms with Gasteiger partial charge in [-0.3, -0.25) is 0 Å². The minimum absolute atomic E-state index is 0.188. The minimum Gasteiger partial charge on any atom is -0.444 e. The molecule has 2 bridgehead atoms. The molecule has 1 saturated carbocycles. The summed E-state index contributed by atoms with van der Waals surface area (Å²) in [4.78, 5) is 21.6. The quantitative estimate of drug-likeness (QED) is 0.757. The summed E-state index contributed by atoms with van der Waals surface area (Å²) in [5.74, 6) is 1.02. The molecule has 4 aliphatic rings. The Kier molecular flexibility index (Phi) is 4.33. The fourth-order valence-electron chi connectivity index (χ4n) is 5.07. The number of carbonyl (C=O) groups excluding carboxylic acids is 1. The molecule has 158 valence electrons. The molecule has 1 aromatic heterocycles. The van der Waals surface area contributed by atoms with E-state index in [0.29, 0.717) is 18.7 Å². The van der Waals surface area contributed by atoms with E-state index >= 15 is 0 Å². The highest BCUT2D eigenvalue weighted by atomic mass is 16.6. The average molecular weight is 402 g/mol. The monoisotopic (exact) mass is 401 g/mol. The van der Waals surface area contributed by atoms with Crippen molar-refractivity contribution >= 4 is 11.9 Å². The number of carbonyl (C=O) groups is 1.